The highest BCUT2D eigenvalue weighted by Gasteiger charge is 2.28. The molecule has 0 aromatic rings. The maximum Gasteiger partial charge on any atom is 0.523 e. The molecule has 3 nitrogen and oxygen atoms in total. The summed E-state index contributed by atoms with van der Waals surface area (Å²) < 4.78 is 38.2. The van der Waals surface area contributed by atoms with Gasteiger partial charge in [0, 0.05) is 13.1 Å². The fourth-order valence-electron chi connectivity index (χ4n) is 1.01. The number of likely N-dealkylation sites (N-methyl/N-ethyl adjacent to an activating group) is 1. The van der Waals surface area contributed by atoms with Crippen molar-refractivity contribution in [1.82, 2.24) is 10.2 Å². The second-order valence-corrected chi connectivity index (χ2v) is 3.39. The molecule has 0 saturated heterocycles. The van der Waals surface area contributed by atoms with E-state index in [2.05, 4.69) is 21.9 Å². The predicted molar refractivity (Wildman–Crippen MR) is 52.4 cm³/mol. The molecule has 0 aromatic carbocycles. The van der Waals surface area contributed by atoms with Crippen LogP contribution in [0.15, 0.2) is 0 Å². The first-order chi connectivity index (χ1) is 6.95. The Morgan fingerprint density at radius 2 is 1.93 bits per heavy atom. The molecule has 0 saturated carbocycles. The van der Waals surface area contributed by atoms with E-state index < -0.39 is 13.1 Å². The Bertz CT molecular complexity index is 153. The summed E-state index contributed by atoms with van der Waals surface area (Å²) >= 11 is 0. The number of hydrogen-bond donors (Lipinski definition) is 1. The Morgan fingerprint density at radius 3 is 2.47 bits per heavy atom. The van der Waals surface area contributed by atoms with Crippen LogP contribution in [-0.2, 0) is 4.74 Å². The minimum atomic E-state index is -4.54. The van der Waals surface area contributed by atoms with Gasteiger partial charge in [0.15, 0.2) is 0 Å². The Kier molecular flexibility index (Phi) is 7.72. The van der Waals surface area contributed by atoms with E-state index in [4.69, 9.17) is 0 Å². The van der Waals surface area contributed by atoms with Crippen LogP contribution in [0, 0.1) is 0 Å². The smallest absolute Gasteiger partial charge is 0.305 e. The monoisotopic (exact) mass is 228 g/mol. The van der Waals surface area contributed by atoms with Gasteiger partial charge in [-0.3, -0.25) is 10.1 Å². The van der Waals surface area contributed by atoms with E-state index in [1.165, 1.54) is 0 Å². The average Bonchev–Trinajstić information content (AvgIpc) is 2.12. The van der Waals surface area contributed by atoms with Gasteiger partial charge < -0.3 is 4.90 Å². The van der Waals surface area contributed by atoms with Gasteiger partial charge in [-0.15, -0.1) is 13.2 Å². The van der Waals surface area contributed by atoms with Gasteiger partial charge in [-0.25, -0.2) is 0 Å². The summed E-state index contributed by atoms with van der Waals surface area (Å²) in [5.74, 6) is 0. The van der Waals surface area contributed by atoms with E-state index in [0.717, 1.165) is 25.9 Å². The lowest BCUT2D eigenvalue weighted by atomic mass is 10.3. The van der Waals surface area contributed by atoms with Crippen LogP contribution in [0.2, 0.25) is 0 Å². The lowest BCUT2D eigenvalue weighted by Crippen LogP contribution is -2.32. The summed E-state index contributed by atoms with van der Waals surface area (Å²) in [7, 11) is 1.95. The molecule has 0 radical (unpaired) electrons. The number of nitrogens with one attached hydrogen (secondary N) is 1. The molecule has 92 valence electrons. The van der Waals surface area contributed by atoms with Crippen molar-refractivity contribution in [2.24, 2.45) is 0 Å². The molecular weight excluding hydrogens is 209 g/mol. The van der Waals surface area contributed by atoms with Crippen LogP contribution in [0.1, 0.15) is 19.8 Å². The van der Waals surface area contributed by atoms with Crippen molar-refractivity contribution in [1.29, 1.82) is 0 Å². The molecule has 0 spiro atoms. The van der Waals surface area contributed by atoms with Crippen LogP contribution in [-0.4, -0.2) is 44.7 Å². The lowest BCUT2D eigenvalue weighted by Gasteiger charge is -2.16. The standard InChI is InChI=1S/C9H19F3N2O/c1-3-4-6-14(2)7-5-13-8-15-9(10,11)12/h13H,3-8H2,1-2H3. The normalized spacial score (nSPS) is 12.4. The van der Waals surface area contributed by atoms with Gasteiger partial charge in [0.1, 0.15) is 6.73 Å². The summed E-state index contributed by atoms with van der Waals surface area (Å²) in [6.45, 7) is 3.81. The molecule has 0 bridgehead atoms. The van der Waals surface area contributed by atoms with Gasteiger partial charge in [0.05, 0.1) is 0 Å². The van der Waals surface area contributed by atoms with Crippen molar-refractivity contribution < 1.29 is 17.9 Å². The highest BCUT2D eigenvalue weighted by molar-refractivity contribution is 4.52. The van der Waals surface area contributed by atoms with E-state index >= 15 is 0 Å². The first kappa shape index (κ1) is 14.7. The van der Waals surface area contributed by atoms with Crippen molar-refractivity contribution in [3.05, 3.63) is 0 Å². The molecule has 0 atom stereocenters. The highest BCUT2D eigenvalue weighted by atomic mass is 19.4. The minimum absolute atomic E-state index is 0.481. The van der Waals surface area contributed by atoms with E-state index in [-0.39, 0.29) is 0 Å². The molecule has 0 heterocycles. The van der Waals surface area contributed by atoms with Crippen LogP contribution in [0.25, 0.3) is 0 Å². The molecule has 0 aliphatic carbocycles. The van der Waals surface area contributed by atoms with Crippen molar-refractivity contribution in [3.8, 4) is 0 Å². The number of ether oxygens (including phenoxy) is 1. The van der Waals surface area contributed by atoms with E-state index in [9.17, 15) is 13.2 Å². The number of unbranched alkanes of at least 4 members (excludes halogenated alkanes) is 1. The molecule has 1 N–H and O–H groups in total. The van der Waals surface area contributed by atoms with Crippen LogP contribution in [0.3, 0.4) is 0 Å². The zero-order chi connectivity index (χ0) is 11.7. The second-order valence-electron chi connectivity index (χ2n) is 3.39. The van der Waals surface area contributed by atoms with Crippen molar-refractivity contribution in [3.63, 3.8) is 0 Å². The number of rotatable bonds is 8. The first-order valence-electron chi connectivity index (χ1n) is 5.05. The third-order valence-electron chi connectivity index (χ3n) is 1.90. The fraction of sp³-hybridized carbons (Fsp3) is 1.00. The average molecular weight is 228 g/mol. The molecule has 6 heteroatoms. The Morgan fingerprint density at radius 1 is 1.27 bits per heavy atom. The zero-order valence-corrected chi connectivity index (χ0v) is 9.23. The van der Waals surface area contributed by atoms with Gasteiger partial charge in [-0.1, -0.05) is 13.3 Å². The van der Waals surface area contributed by atoms with Crippen LogP contribution < -0.4 is 5.32 Å². The maximum absolute atomic E-state index is 11.5. The lowest BCUT2D eigenvalue weighted by molar-refractivity contribution is -0.326. The molecule has 15 heavy (non-hydrogen) atoms. The van der Waals surface area contributed by atoms with Crippen molar-refractivity contribution in [2.75, 3.05) is 33.4 Å². The number of nitrogens with zero attached hydrogens (tertiary/aromatic N) is 1. The van der Waals surface area contributed by atoms with Gasteiger partial charge in [-0.05, 0) is 20.0 Å². The summed E-state index contributed by atoms with van der Waals surface area (Å²) in [5, 5.41) is 2.57. The van der Waals surface area contributed by atoms with Crippen molar-refractivity contribution >= 4 is 0 Å². The topological polar surface area (TPSA) is 24.5 Å². The maximum atomic E-state index is 11.5. The summed E-state index contributed by atoms with van der Waals surface area (Å²) in [5.41, 5.74) is 0. The number of hydrogen-bond acceptors (Lipinski definition) is 3. The Labute approximate surface area is 88.6 Å². The van der Waals surface area contributed by atoms with Gasteiger partial charge >= 0.3 is 6.36 Å². The van der Waals surface area contributed by atoms with Crippen molar-refractivity contribution in [2.45, 2.75) is 26.1 Å². The predicted octanol–water partition coefficient (Wildman–Crippen LogP) is 1.80. The first-order valence-corrected chi connectivity index (χ1v) is 5.05. The molecule has 0 aliphatic rings. The summed E-state index contributed by atoms with van der Waals surface area (Å²) in [6.07, 6.45) is -2.31. The highest BCUT2D eigenvalue weighted by Crippen LogP contribution is 2.14. The fourth-order valence-corrected chi connectivity index (χ4v) is 1.01. The van der Waals surface area contributed by atoms with Crippen LogP contribution >= 0.6 is 0 Å². The molecule has 0 amide bonds. The summed E-state index contributed by atoms with van der Waals surface area (Å²) in [4.78, 5) is 2.07. The third kappa shape index (κ3) is 11.6. The van der Waals surface area contributed by atoms with E-state index in [0.29, 0.717) is 6.54 Å². The molecular formula is C9H19F3N2O. The molecule has 0 unspecified atom stereocenters. The van der Waals surface area contributed by atoms with Gasteiger partial charge in [-0.2, -0.15) is 0 Å². The molecule has 0 rings (SSSR count). The molecule has 0 aromatic heterocycles. The number of halogens is 3. The Hall–Kier alpha value is -0.330. The SMILES string of the molecule is CCCCN(C)CCNCOC(F)(F)F. The quantitative estimate of drug-likeness (QED) is 0.506. The Balaban J connectivity index is 3.23. The minimum Gasteiger partial charge on any atom is -0.305 e. The van der Waals surface area contributed by atoms with Crippen LogP contribution in [0.4, 0.5) is 13.2 Å². The van der Waals surface area contributed by atoms with Crippen LogP contribution in [0.5, 0.6) is 0 Å². The molecule has 0 fully saturated rings. The zero-order valence-electron chi connectivity index (χ0n) is 9.23. The van der Waals surface area contributed by atoms with Gasteiger partial charge in [0.2, 0.25) is 0 Å². The second kappa shape index (κ2) is 7.90. The van der Waals surface area contributed by atoms with E-state index in [1.54, 1.807) is 0 Å². The van der Waals surface area contributed by atoms with Gasteiger partial charge in [0.25, 0.3) is 0 Å². The number of alkyl halides is 3. The summed E-state index contributed by atoms with van der Waals surface area (Å²) in [6, 6.07) is 0. The molecule has 0 aliphatic heterocycles. The largest absolute Gasteiger partial charge is 0.523 e. The van der Waals surface area contributed by atoms with E-state index in [1.807, 2.05) is 7.05 Å². The third-order valence-corrected chi connectivity index (χ3v) is 1.90.